The van der Waals surface area contributed by atoms with E-state index < -0.39 is 17.8 Å². The Morgan fingerprint density at radius 2 is 1.28 bits per heavy atom. The molecule has 7 heteroatoms. The maximum absolute atomic E-state index is 12.0. The van der Waals surface area contributed by atoms with Crippen LogP contribution in [-0.4, -0.2) is 30.7 Å². The van der Waals surface area contributed by atoms with Crippen LogP contribution in [0.3, 0.4) is 0 Å². The van der Waals surface area contributed by atoms with Gasteiger partial charge in [0.1, 0.15) is 0 Å². The first kappa shape index (κ1) is 17.9. The molecule has 2 N–H and O–H groups in total. The van der Waals surface area contributed by atoms with Crippen molar-refractivity contribution in [3.05, 3.63) is 59.7 Å². The smallest absolute Gasteiger partial charge is 0.337 e. The number of methoxy groups -OCH3 is 1. The number of benzene rings is 2. The zero-order valence-electron chi connectivity index (χ0n) is 13.7. The van der Waals surface area contributed by atoms with Crippen LogP contribution < -0.4 is 10.6 Å². The molecule has 0 atom stereocenters. The molecule has 0 aliphatic heterocycles. The molecule has 128 valence electrons. The molecule has 0 heterocycles. The number of amides is 2. The van der Waals surface area contributed by atoms with Crippen molar-refractivity contribution in [1.29, 1.82) is 0 Å². The number of hydrogen-bond donors (Lipinski definition) is 2. The van der Waals surface area contributed by atoms with Crippen molar-refractivity contribution in [2.45, 2.75) is 6.92 Å². The van der Waals surface area contributed by atoms with Crippen LogP contribution in [-0.2, 0) is 14.3 Å². The number of carbonyl (C=O) groups is 4. The first-order valence-electron chi connectivity index (χ1n) is 7.32. The largest absolute Gasteiger partial charge is 0.465 e. The zero-order valence-corrected chi connectivity index (χ0v) is 13.7. The fourth-order valence-electron chi connectivity index (χ4n) is 2.03. The zero-order chi connectivity index (χ0) is 18.4. The van der Waals surface area contributed by atoms with Gasteiger partial charge in [-0.1, -0.05) is 18.2 Å². The lowest BCUT2D eigenvalue weighted by atomic mass is 10.1. The van der Waals surface area contributed by atoms with Gasteiger partial charge in [0.05, 0.1) is 12.7 Å². The number of carbonyl (C=O) groups excluding carboxylic acids is 4. The number of rotatable bonds is 4. The molecule has 7 nitrogen and oxygen atoms in total. The molecular weight excluding hydrogens is 324 g/mol. The van der Waals surface area contributed by atoms with E-state index in [-0.39, 0.29) is 17.0 Å². The molecule has 0 aliphatic carbocycles. The molecule has 0 fully saturated rings. The summed E-state index contributed by atoms with van der Waals surface area (Å²) in [6, 6.07) is 12.3. The summed E-state index contributed by atoms with van der Waals surface area (Å²) >= 11 is 0. The third-order valence-electron chi connectivity index (χ3n) is 3.27. The van der Waals surface area contributed by atoms with Crippen LogP contribution in [0, 0.1) is 0 Å². The molecule has 2 amide bonds. The second-order valence-corrected chi connectivity index (χ2v) is 5.12. The second kappa shape index (κ2) is 7.87. The topological polar surface area (TPSA) is 102 Å². The maximum atomic E-state index is 12.0. The van der Waals surface area contributed by atoms with E-state index in [1.807, 2.05) is 0 Å². The average molecular weight is 340 g/mol. The quantitative estimate of drug-likeness (QED) is 0.505. The number of ketones is 1. The highest BCUT2D eigenvalue weighted by Gasteiger charge is 2.15. The third-order valence-corrected chi connectivity index (χ3v) is 3.27. The lowest BCUT2D eigenvalue weighted by Crippen LogP contribution is -2.29. The van der Waals surface area contributed by atoms with Crippen molar-refractivity contribution >= 4 is 34.9 Å². The van der Waals surface area contributed by atoms with Crippen LogP contribution in [0.4, 0.5) is 11.4 Å². The fraction of sp³-hybridized carbons (Fsp3) is 0.111. The van der Waals surface area contributed by atoms with E-state index in [4.69, 9.17) is 0 Å². The Kier molecular flexibility index (Phi) is 5.62. The molecule has 2 rings (SSSR count). The maximum Gasteiger partial charge on any atom is 0.337 e. The standard InChI is InChI=1S/C18H16N2O5/c1-11(21)12-5-3-7-14(9-12)19-16(22)17(23)20-15-8-4-6-13(10-15)18(24)25-2/h3-10H,1-2H3,(H,19,22)(H,20,23). The third kappa shape index (κ3) is 4.74. The summed E-state index contributed by atoms with van der Waals surface area (Å²) in [5.41, 5.74) is 1.27. The predicted molar refractivity (Wildman–Crippen MR) is 91.5 cm³/mol. The van der Waals surface area contributed by atoms with Gasteiger partial charge in [-0.15, -0.1) is 0 Å². The van der Waals surface area contributed by atoms with Gasteiger partial charge in [0, 0.05) is 16.9 Å². The Morgan fingerprint density at radius 1 is 0.800 bits per heavy atom. The van der Waals surface area contributed by atoms with Crippen molar-refractivity contribution in [3.63, 3.8) is 0 Å². The van der Waals surface area contributed by atoms with Crippen LogP contribution >= 0.6 is 0 Å². The number of nitrogens with one attached hydrogen (secondary N) is 2. The van der Waals surface area contributed by atoms with Gasteiger partial charge >= 0.3 is 17.8 Å². The summed E-state index contributed by atoms with van der Waals surface area (Å²) in [4.78, 5) is 46.8. The Bertz CT molecular complexity index is 845. The van der Waals surface area contributed by atoms with Crippen molar-refractivity contribution in [3.8, 4) is 0 Å². The summed E-state index contributed by atoms with van der Waals surface area (Å²) in [6.45, 7) is 1.40. The van der Waals surface area contributed by atoms with Gasteiger partial charge in [0.15, 0.2) is 5.78 Å². The molecule has 0 saturated heterocycles. The molecule has 0 unspecified atom stereocenters. The van der Waals surface area contributed by atoms with Gasteiger partial charge in [-0.05, 0) is 37.3 Å². The Morgan fingerprint density at radius 3 is 1.76 bits per heavy atom. The number of Topliss-reactive ketones (excluding diaryl/α,β-unsaturated/α-hetero) is 1. The highest BCUT2D eigenvalue weighted by molar-refractivity contribution is 6.43. The van der Waals surface area contributed by atoms with E-state index in [1.165, 1.54) is 38.3 Å². The van der Waals surface area contributed by atoms with Crippen LogP contribution in [0.2, 0.25) is 0 Å². The highest BCUT2D eigenvalue weighted by Crippen LogP contribution is 2.13. The SMILES string of the molecule is COC(=O)c1cccc(NC(=O)C(=O)Nc2cccc(C(C)=O)c2)c1. The highest BCUT2D eigenvalue weighted by atomic mass is 16.5. The summed E-state index contributed by atoms with van der Waals surface area (Å²) < 4.78 is 4.59. The van der Waals surface area contributed by atoms with Gasteiger partial charge in [-0.3, -0.25) is 14.4 Å². The van der Waals surface area contributed by atoms with Gasteiger partial charge in [-0.2, -0.15) is 0 Å². The van der Waals surface area contributed by atoms with E-state index in [1.54, 1.807) is 24.3 Å². The minimum Gasteiger partial charge on any atom is -0.465 e. The Hall–Kier alpha value is -3.48. The van der Waals surface area contributed by atoms with E-state index in [9.17, 15) is 19.2 Å². The first-order chi connectivity index (χ1) is 11.9. The van der Waals surface area contributed by atoms with E-state index in [0.717, 1.165) is 0 Å². The molecule has 2 aromatic rings. The normalized spacial score (nSPS) is 9.84. The minimum absolute atomic E-state index is 0.153. The van der Waals surface area contributed by atoms with Gasteiger partial charge in [0.25, 0.3) is 0 Å². The average Bonchev–Trinajstić information content (AvgIpc) is 2.61. The summed E-state index contributed by atoms with van der Waals surface area (Å²) in [6.07, 6.45) is 0. The van der Waals surface area contributed by atoms with Crippen molar-refractivity contribution in [2.75, 3.05) is 17.7 Å². The molecule has 0 saturated carbocycles. The second-order valence-electron chi connectivity index (χ2n) is 5.12. The van der Waals surface area contributed by atoms with E-state index in [2.05, 4.69) is 15.4 Å². The van der Waals surface area contributed by atoms with Crippen molar-refractivity contribution < 1.29 is 23.9 Å². The van der Waals surface area contributed by atoms with Crippen molar-refractivity contribution in [1.82, 2.24) is 0 Å². The van der Waals surface area contributed by atoms with Crippen LogP contribution in [0.1, 0.15) is 27.6 Å². The summed E-state index contributed by atoms with van der Waals surface area (Å²) in [5.74, 6) is -2.51. The van der Waals surface area contributed by atoms with E-state index in [0.29, 0.717) is 11.3 Å². The lowest BCUT2D eigenvalue weighted by Gasteiger charge is -2.08. The molecule has 2 aromatic carbocycles. The van der Waals surface area contributed by atoms with Crippen LogP contribution in [0.15, 0.2) is 48.5 Å². The summed E-state index contributed by atoms with van der Waals surface area (Å²) in [5, 5.41) is 4.80. The molecule has 0 bridgehead atoms. The Labute approximate surface area is 144 Å². The number of esters is 1. The molecule has 0 spiro atoms. The Balaban J connectivity index is 2.06. The van der Waals surface area contributed by atoms with Gasteiger partial charge in [-0.25, -0.2) is 4.79 Å². The summed E-state index contributed by atoms with van der Waals surface area (Å²) in [7, 11) is 1.25. The number of ether oxygens (including phenoxy) is 1. The monoisotopic (exact) mass is 340 g/mol. The van der Waals surface area contributed by atoms with Crippen molar-refractivity contribution in [2.24, 2.45) is 0 Å². The van der Waals surface area contributed by atoms with Crippen LogP contribution in [0.25, 0.3) is 0 Å². The number of anilines is 2. The molecule has 0 radical (unpaired) electrons. The molecule has 25 heavy (non-hydrogen) atoms. The van der Waals surface area contributed by atoms with Gasteiger partial charge < -0.3 is 15.4 Å². The van der Waals surface area contributed by atoms with Gasteiger partial charge in [0.2, 0.25) is 0 Å². The molecule has 0 aromatic heterocycles. The predicted octanol–water partition coefficient (Wildman–Crippen LogP) is 2.25. The van der Waals surface area contributed by atoms with E-state index >= 15 is 0 Å². The first-order valence-corrected chi connectivity index (χ1v) is 7.32. The fourth-order valence-corrected chi connectivity index (χ4v) is 2.03. The molecular formula is C18H16N2O5. The lowest BCUT2D eigenvalue weighted by molar-refractivity contribution is -0.132. The molecule has 0 aliphatic rings. The number of hydrogen-bond acceptors (Lipinski definition) is 5. The van der Waals surface area contributed by atoms with Crippen LogP contribution in [0.5, 0.6) is 0 Å². The minimum atomic E-state index is -0.907.